The second kappa shape index (κ2) is 5.81. The van der Waals surface area contributed by atoms with E-state index in [1.165, 1.54) is 24.3 Å². The molecule has 112 valence electrons. The van der Waals surface area contributed by atoms with E-state index < -0.39 is 0 Å². The summed E-state index contributed by atoms with van der Waals surface area (Å²) in [5, 5.41) is 0.977. The summed E-state index contributed by atoms with van der Waals surface area (Å²) in [4.78, 5) is 8.12. The summed E-state index contributed by atoms with van der Waals surface area (Å²) in [5.74, 6) is 0.0548. The molecule has 2 heterocycles. The topological polar surface area (TPSA) is 38.9 Å². The van der Waals surface area contributed by atoms with Crippen molar-refractivity contribution in [2.45, 2.75) is 13.8 Å². The van der Waals surface area contributed by atoms with Crippen LogP contribution in [0.4, 0.5) is 8.78 Å². The van der Waals surface area contributed by atoms with Crippen LogP contribution in [0.5, 0.6) is 0 Å². The van der Waals surface area contributed by atoms with Gasteiger partial charge in [0.15, 0.2) is 11.5 Å². The molecule has 2 aromatic carbocycles. The number of benzene rings is 2. The van der Waals surface area contributed by atoms with Gasteiger partial charge >= 0.3 is 0 Å². The van der Waals surface area contributed by atoms with Gasteiger partial charge in [-0.05, 0) is 31.2 Å². The highest BCUT2D eigenvalue weighted by molar-refractivity contribution is 7.18. The first kappa shape index (κ1) is 14.6. The maximum atomic E-state index is 12.6. The molecule has 0 spiro atoms. The van der Waals surface area contributed by atoms with Crippen LogP contribution in [0.3, 0.4) is 0 Å². The molecule has 0 atom stereocenters. The van der Waals surface area contributed by atoms with Gasteiger partial charge in [0.05, 0.1) is 15.2 Å². The normalized spacial score (nSPS) is 10.7. The molecule has 0 saturated carbocycles. The second-order valence-electron chi connectivity index (χ2n) is 4.69. The molecule has 0 amide bonds. The number of halogens is 2. The van der Waals surface area contributed by atoms with Gasteiger partial charge in [-0.3, -0.25) is 0 Å². The lowest BCUT2D eigenvalue weighted by Crippen LogP contribution is -1.72. The van der Waals surface area contributed by atoms with Crippen molar-refractivity contribution in [3.8, 4) is 0 Å². The van der Waals surface area contributed by atoms with Crippen molar-refractivity contribution in [3.05, 3.63) is 58.9 Å². The molecule has 0 radical (unpaired) electrons. The van der Waals surface area contributed by atoms with Gasteiger partial charge in [0, 0.05) is 19.1 Å². The number of aryl methyl sites for hydroxylation is 2. The first-order valence-electron chi connectivity index (χ1n) is 6.56. The van der Waals surface area contributed by atoms with Gasteiger partial charge in [-0.2, -0.15) is 0 Å². The second-order valence-corrected chi connectivity index (χ2v) is 5.92. The van der Waals surface area contributed by atoms with Gasteiger partial charge in [0.25, 0.3) is 0 Å². The zero-order chi connectivity index (χ0) is 15.7. The van der Waals surface area contributed by atoms with E-state index in [1.54, 1.807) is 30.4 Å². The SMILES string of the molecule is Cc1nc2cc(F)ccc2o1.Cc1nc2cc(F)ccc2s1. The first-order chi connectivity index (χ1) is 10.5. The van der Waals surface area contributed by atoms with Crippen LogP contribution in [0.2, 0.25) is 0 Å². The third kappa shape index (κ3) is 3.12. The lowest BCUT2D eigenvalue weighted by Gasteiger charge is -1.85. The summed E-state index contributed by atoms with van der Waals surface area (Å²) in [7, 11) is 0. The minimum absolute atomic E-state index is 0.220. The molecule has 0 fully saturated rings. The molecule has 0 saturated heterocycles. The van der Waals surface area contributed by atoms with Crippen LogP contribution in [-0.4, -0.2) is 9.97 Å². The Morgan fingerprint density at radius 3 is 2.36 bits per heavy atom. The van der Waals surface area contributed by atoms with E-state index in [2.05, 4.69) is 9.97 Å². The fourth-order valence-corrected chi connectivity index (χ4v) is 2.84. The Kier molecular flexibility index (Phi) is 3.85. The quantitative estimate of drug-likeness (QED) is 0.457. The number of thiazole rings is 1. The Labute approximate surface area is 129 Å². The number of hydrogen-bond donors (Lipinski definition) is 0. The van der Waals surface area contributed by atoms with E-state index >= 15 is 0 Å². The predicted octanol–water partition coefficient (Wildman–Crippen LogP) is 5.02. The molecule has 2 aromatic heterocycles. The molecule has 22 heavy (non-hydrogen) atoms. The Hall–Kier alpha value is -2.34. The van der Waals surface area contributed by atoms with Crippen molar-refractivity contribution in [2.24, 2.45) is 0 Å². The summed E-state index contributed by atoms with van der Waals surface area (Å²) in [6.07, 6.45) is 0. The summed E-state index contributed by atoms with van der Waals surface area (Å²) >= 11 is 1.58. The summed E-state index contributed by atoms with van der Waals surface area (Å²) < 4.78 is 31.4. The fourth-order valence-electron chi connectivity index (χ4n) is 2.03. The van der Waals surface area contributed by atoms with Crippen LogP contribution < -0.4 is 0 Å². The minimum Gasteiger partial charge on any atom is -0.441 e. The molecule has 6 heteroatoms. The summed E-state index contributed by atoms with van der Waals surface area (Å²) in [5.41, 5.74) is 1.96. The van der Waals surface area contributed by atoms with E-state index in [4.69, 9.17) is 4.42 Å². The molecule has 0 aliphatic rings. The number of oxazole rings is 1. The van der Waals surface area contributed by atoms with E-state index in [9.17, 15) is 8.78 Å². The van der Waals surface area contributed by atoms with Crippen molar-refractivity contribution in [1.29, 1.82) is 0 Å². The highest BCUT2D eigenvalue weighted by atomic mass is 32.1. The molecule has 4 rings (SSSR count). The van der Waals surface area contributed by atoms with E-state index in [0.29, 0.717) is 17.0 Å². The van der Waals surface area contributed by atoms with Gasteiger partial charge in [-0.15, -0.1) is 11.3 Å². The Balaban J connectivity index is 0.000000131. The molecule has 0 unspecified atom stereocenters. The Morgan fingerprint density at radius 1 is 0.909 bits per heavy atom. The third-order valence-corrected chi connectivity index (χ3v) is 3.86. The molecule has 0 aliphatic heterocycles. The number of rotatable bonds is 0. The average molecular weight is 318 g/mol. The maximum absolute atomic E-state index is 12.6. The van der Waals surface area contributed by atoms with Crippen LogP contribution in [-0.2, 0) is 0 Å². The number of nitrogens with zero attached hydrogens (tertiary/aromatic N) is 2. The number of aromatic nitrogens is 2. The van der Waals surface area contributed by atoms with E-state index in [0.717, 1.165) is 15.2 Å². The standard InChI is InChI=1S/C8H6FNO.C8H6FNS/c2*1-5-10-7-4-6(9)2-3-8(7)11-5/h2*2-4H,1H3. The number of hydrogen-bond acceptors (Lipinski definition) is 4. The largest absolute Gasteiger partial charge is 0.441 e. The lowest BCUT2D eigenvalue weighted by atomic mass is 10.3. The fraction of sp³-hybridized carbons (Fsp3) is 0.125. The highest BCUT2D eigenvalue weighted by Gasteiger charge is 2.01. The smallest absolute Gasteiger partial charge is 0.192 e. The lowest BCUT2D eigenvalue weighted by molar-refractivity contribution is 0.560. The van der Waals surface area contributed by atoms with Crippen LogP contribution in [0.25, 0.3) is 21.3 Å². The molecule has 4 aromatic rings. The maximum Gasteiger partial charge on any atom is 0.192 e. The molecular formula is C16H12F2N2OS. The predicted molar refractivity (Wildman–Crippen MR) is 83.0 cm³/mol. The zero-order valence-corrected chi connectivity index (χ0v) is 12.7. The first-order valence-corrected chi connectivity index (χ1v) is 7.38. The van der Waals surface area contributed by atoms with Gasteiger partial charge in [-0.1, -0.05) is 0 Å². The Bertz CT molecular complexity index is 868. The Morgan fingerprint density at radius 2 is 1.59 bits per heavy atom. The molecule has 0 aliphatic carbocycles. The number of fused-ring (bicyclic) bond motifs is 2. The molecular weight excluding hydrogens is 306 g/mol. The van der Waals surface area contributed by atoms with Crippen molar-refractivity contribution in [3.63, 3.8) is 0 Å². The van der Waals surface area contributed by atoms with Crippen LogP contribution in [0, 0.1) is 25.5 Å². The monoisotopic (exact) mass is 318 g/mol. The molecule has 3 nitrogen and oxygen atoms in total. The minimum atomic E-state index is -0.286. The van der Waals surface area contributed by atoms with Crippen molar-refractivity contribution < 1.29 is 13.2 Å². The van der Waals surface area contributed by atoms with Gasteiger partial charge in [0.2, 0.25) is 0 Å². The average Bonchev–Trinajstić information content (AvgIpc) is 2.99. The van der Waals surface area contributed by atoms with E-state index in [-0.39, 0.29) is 11.6 Å². The van der Waals surface area contributed by atoms with Gasteiger partial charge < -0.3 is 4.42 Å². The third-order valence-electron chi connectivity index (χ3n) is 2.91. The highest BCUT2D eigenvalue weighted by Crippen LogP contribution is 2.21. The zero-order valence-electron chi connectivity index (χ0n) is 11.9. The molecule has 0 N–H and O–H groups in total. The van der Waals surface area contributed by atoms with Crippen LogP contribution in [0.1, 0.15) is 10.9 Å². The molecule has 0 bridgehead atoms. The van der Waals surface area contributed by atoms with Gasteiger partial charge in [-0.25, -0.2) is 18.7 Å². The van der Waals surface area contributed by atoms with E-state index in [1.807, 2.05) is 6.92 Å². The van der Waals surface area contributed by atoms with Crippen molar-refractivity contribution in [1.82, 2.24) is 9.97 Å². The van der Waals surface area contributed by atoms with Crippen LogP contribution in [0.15, 0.2) is 40.8 Å². The van der Waals surface area contributed by atoms with Crippen molar-refractivity contribution >= 4 is 32.7 Å². The van der Waals surface area contributed by atoms with Gasteiger partial charge in [0.1, 0.15) is 17.2 Å². The summed E-state index contributed by atoms with van der Waals surface area (Å²) in [6.45, 7) is 3.65. The van der Waals surface area contributed by atoms with Crippen LogP contribution >= 0.6 is 11.3 Å². The summed E-state index contributed by atoms with van der Waals surface area (Å²) in [6, 6.07) is 8.96. The van der Waals surface area contributed by atoms with Crippen molar-refractivity contribution in [2.75, 3.05) is 0 Å².